The zero-order chi connectivity index (χ0) is 20.0. The molecule has 1 fully saturated rings. The zero-order valence-electron chi connectivity index (χ0n) is 14.7. The summed E-state index contributed by atoms with van der Waals surface area (Å²) < 4.78 is 4.78. The van der Waals surface area contributed by atoms with Crippen molar-refractivity contribution in [1.29, 1.82) is 0 Å². The lowest BCUT2D eigenvalue weighted by atomic mass is 9.86. The number of urea groups is 1. The van der Waals surface area contributed by atoms with Gasteiger partial charge in [0.05, 0.1) is 10.5 Å². The first-order valence-corrected chi connectivity index (χ1v) is 8.87. The number of amides is 3. The van der Waals surface area contributed by atoms with Gasteiger partial charge in [-0.3, -0.25) is 20.2 Å². The van der Waals surface area contributed by atoms with Crippen molar-refractivity contribution in [1.82, 2.24) is 10.6 Å². The summed E-state index contributed by atoms with van der Waals surface area (Å²) in [5.41, 5.74) is -0.573. The van der Waals surface area contributed by atoms with Crippen molar-refractivity contribution in [3.63, 3.8) is 0 Å². The molecule has 0 unspecified atom stereocenters. The summed E-state index contributed by atoms with van der Waals surface area (Å²) in [4.78, 5) is 45.6. The van der Waals surface area contributed by atoms with E-state index in [4.69, 9.17) is 16.3 Å². The van der Waals surface area contributed by atoms with E-state index in [0.717, 1.165) is 31.7 Å². The topological polar surface area (TPSA) is 128 Å². The maximum Gasteiger partial charge on any atom is 0.338 e. The Morgan fingerprint density at radius 3 is 2.67 bits per heavy atom. The average molecular weight is 398 g/mol. The molecule has 3 amide bonds. The van der Waals surface area contributed by atoms with Gasteiger partial charge in [0.1, 0.15) is 5.02 Å². The van der Waals surface area contributed by atoms with Crippen LogP contribution in [0.2, 0.25) is 5.02 Å². The number of hydrogen-bond acceptors (Lipinski definition) is 6. The second-order valence-electron chi connectivity index (χ2n) is 6.39. The summed E-state index contributed by atoms with van der Waals surface area (Å²) in [6.07, 6.45) is 4.02. The number of hydrogen-bond donors (Lipinski definition) is 2. The fraction of sp³-hybridized carbons (Fsp3) is 0.471. The molecule has 1 aromatic rings. The highest BCUT2D eigenvalue weighted by Gasteiger charge is 2.24. The molecule has 0 spiro atoms. The molecule has 1 aliphatic rings. The molecule has 0 heterocycles. The molecule has 0 radical (unpaired) electrons. The zero-order valence-corrected chi connectivity index (χ0v) is 15.5. The number of ether oxygens (including phenoxy) is 1. The van der Waals surface area contributed by atoms with Gasteiger partial charge in [-0.15, -0.1) is 0 Å². The van der Waals surface area contributed by atoms with Crippen LogP contribution < -0.4 is 10.6 Å². The van der Waals surface area contributed by atoms with Crippen LogP contribution in [0.25, 0.3) is 0 Å². The lowest BCUT2D eigenvalue weighted by Gasteiger charge is -2.29. The highest BCUT2D eigenvalue weighted by Crippen LogP contribution is 2.25. The molecular weight excluding hydrogens is 378 g/mol. The molecule has 0 aliphatic heterocycles. The number of rotatable bonds is 5. The van der Waals surface area contributed by atoms with E-state index in [1.54, 1.807) is 0 Å². The van der Waals surface area contributed by atoms with Crippen LogP contribution >= 0.6 is 11.6 Å². The molecule has 0 bridgehead atoms. The standard InChI is InChI=1S/C17H20ClN3O6/c1-10-4-2-3-5-13(10)19-17(24)20-15(22)9-27-16(23)11-6-7-12(18)14(8-11)21(25)26/h6-8,10,13H,2-5,9H2,1H3,(H2,19,20,22,24)/t10-,13+/m0/s1. The Balaban J connectivity index is 1.82. The van der Waals surface area contributed by atoms with Crippen LogP contribution in [0.15, 0.2) is 18.2 Å². The molecule has 27 heavy (non-hydrogen) atoms. The van der Waals surface area contributed by atoms with Gasteiger partial charge in [0.15, 0.2) is 6.61 Å². The number of nitrogens with zero attached hydrogens (tertiary/aromatic N) is 1. The Morgan fingerprint density at radius 2 is 2.00 bits per heavy atom. The molecule has 0 aromatic heterocycles. The summed E-state index contributed by atoms with van der Waals surface area (Å²) in [6.45, 7) is 1.35. The molecule has 1 aromatic carbocycles. The van der Waals surface area contributed by atoms with E-state index in [1.165, 1.54) is 12.1 Å². The van der Waals surface area contributed by atoms with Gasteiger partial charge >= 0.3 is 12.0 Å². The number of nitro groups is 1. The van der Waals surface area contributed by atoms with Crippen LogP contribution in [0, 0.1) is 16.0 Å². The first-order chi connectivity index (χ1) is 12.8. The Labute approximate surface area is 160 Å². The van der Waals surface area contributed by atoms with Gasteiger partial charge in [-0.1, -0.05) is 31.4 Å². The van der Waals surface area contributed by atoms with E-state index in [0.29, 0.717) is 5.92 Å². The molecule has 146 valence electrons. The number of carbonyl (C=O) groups excluding carboxylic acids is 3. The van der Waals surface area contributed by atoms with Crippen molar-refractivity contribution in [3.8, 4) is 0 Å². The van der Waals surface area contributed by atoms with Gasteiger partial charge in [0.25, 0.3) is 11.6 Å². The number of nitro benzene ring substituents is 1. The van der Waals surface area contributed by atoms with Crippen molar-refractivity contribution in [2.24, 2.45) is 5.92 Å². The first kappa shape index (κ1) is 20.6. The Bertz CT molecular complexity index is 754. The normalized spacial score (nSPS) is 19.0. The Morgan fingerprint density at radius 1 is 1.30 bits per heavy atom. The molecule has 2 N–H and O–H groups in total. The minimum Gasteiger partial charge on any atom is -0.452 e. The predicted molar refractivity (Wildman–Crippen MR) is 96.5 cm³/mol. The van der Waals surface area contributed by atoms with Crippen molar-refractivity contribution in [2.45, 2.75) is 38.6 Å². The van der Waals surface area contributed by atoms with Crippen molar-refractivity contribution >= 4 is 35.2 Å². The Kier molecular flexibility index (Phi) is 7.12. The van der Waals surface area contributed by atoms with Gasteiger partial charge in [-0.25, -0.2) is 9.59 Å². The van der Waals surface area contributed by atoms with Crippen LogP contribution in [-0.2, 0) is 9.53 Å². The highest BCUT2D eigenvalue weighted by atomic mass is 35.5. The van der Waals surface area contributed by atoms with Gasteiger partial charge in [-0.2, -0.15) is 0 Å². The van der Waals surface area contributed by atoms with Crippen molar-refractivity contribution in [2.75, 3.05) is 6.61 Å². The lowest BCUT2D eigenvalue weighted by molar-refractivity contribution is -0.384. The molecule has 2 rings (SSSR count). The van der Waals surface area contributed by atoms with Crippen LogP contribution in [0.4, 0.5) is 10.5 Å². The minimum atomic E-state index is -0.939. The van der Waals surface area contributed by atoms with Crippen LogP contribution in [0.5, 0.6) is 0 Å². The number of imide groups is 1. The predicted octanol–water partition coefficient (Wildman–Crippen LogP) is 2.81. The second-order valence-corrected chi connectivity index (χ2v) is 6.80. The molecular formula is C17H20ClN3O6. The summed E-state index contributed by atoms with van der Waals surface area (Å²) >= 11 is 5.67. The van der Waals surface area contributed by atoms with Gasteiger partial charge < -0.3 is 10.1 Å². The fourth-order valence-electron chi connectivity index (χ4n) is 2.89. The van der Waals surface area contributed by atoms with Crippen LogP contribution in [0.1, 0.15) is 43.0 Å². The van der Waals surface area contributed by atoms with Crippen LogP contribution in [0.3, 0.4) is 0 Å². The Hall–Kier alpha value is -2.68. The van der Waals surface area contributed by atoms with E-state index >= 15 is 0 Å². The summed E-state index contributed by atoms with van der Waals surface area (Å²) in [5.74, 6) is -1.41. The number of benzene rings is 1. The third-order valence-electron chi connectivity index (χ3n) is 4.39. The number of esters is 1. The molecule has 9 nitrogen and oxygen atoms in total. The molecule has 2 atom stereocenters. The quantitative estimate of drug-likeness (QED) is 0.446. The number of halogens is 1. The van der Waals surface area contributed by atoms with Gasteiger partial charge in [0, 0.05) is 12.1 Å². The molecule has 1 saturated carbocycles. The summed E-state index contributed by atoms with van der Waals surface area (Å²) in [5, 5.41) is 15.6. The van der Waals surface area contributed by atoms with Gasteiger partial charge in [-0.05, 0) is 30.9 Å². The minimum absolute atomic E-state index is 0.00344. The number of nitrogens with one attached hydrogen (secondary N) is 2. The fourth-order valence-corrected chi connectivity index (χ4v) is 3.08. The van der Waals surface area contributed by atoms with Crippen molar-refractivity contribution in [3.05, 3.63) is 38.9 Å². The second kappa shape index (κ2) is 9.31. The molecule has 10 heteroatoms. The van der Waals surface area contributed by atoms with Gasteiger partial charge in [0.2, 0.25) is 0 Å². The van der Waals surface area contributed by atoms with E-state index in [-0.39, 0.29) is 16.6 Å². The number of carbonyl (C=O) groups is 3. The third kappa shape index (κ3) is 5.92. The van der Waals surface area contributed by atoms with E-state index in [9.17, 15) is 24.5 Å². The largest absolute Gasteiger partial charge is 0.452 e. The maximum atomic E-state index is 11.9. The monoisotopic (exact) mass is 397 g/mol. The van der Waals surface area contributed by atoms with Crippen molar-refractivity contribution < 1.29 is 24.0 Å². The maximum absolute atomic E-state index is 11.9. The molecule has 0 saturated heterocycles. The smallest absolute Gasteiger partial charge is 0.338 e. The third-order valence-corrected chi connectivity index (χ3v) is 4.71. The van der Waals surface area contributed by atoms with E-state index < -0.39 is 35.1 Å². The van der Waals surface area contributed by atoms with E-state index in [1.807, 2.05) is 6.92 Å². The van der Waals surface area contributed by atoms with Crippen LogP contribution in [-0.4, -0.2) is 35.5 Å². The molecule has 1 aliphatic carbocycles. The highest BCUT2D eigenvalue weighted by molar-refractivity contribution is 6.32. The average Bonchev–Trinajstić information content (AvgIpc) is 2.61. The SMILES string of the molecule is C[C@H]1CCCC[C@H]1NC(=O)NC(=O)COC(=O)c1ccc(Cl)c([N+](=O)[O-])c1. The summed E-state index contributed by atoms with van der Waals surface area (Å²) in [6, 6.07) is 2.75. The van der Waals surface area contributed by atoms with E-state index in [2.05, 4.69) is 10.6 Å². The lowest BCUT2D eigenvalue weighted by Crippen LogP contribution is -2.48. The first-order valence-electron chi connectivity index (χ1n) is 8.49. The summed E-state index contributed by atoms with van der Waals surface area (Å²) in [7, 11) is 0.